The standard InChI is InChI=1S/C6H7N5O.H5O10P3/c7-6-10-4-3(5(12)11-6)8-1-2-9-4;1-11(2,3)9-13(7,8)10-12(4,5)6/h1H,2H2,(H4,7,9,10,11,12);(H,7,8)(H2,1,2,3)(H2,4,5,6). The average Bonchev–Trinajstić information content (AvgIpc) is 2.32. The molecule has 1 aromatic rings. The van der Waals surface area contributed by atoms with Crippen LogP contribution in [-0.2, 0) is 22.3 Å². The second-order valence-corrected chi connectivity index (χ2v) is 8.16. The molecule has 2 heterocycles. The molecule has 0 radical (unpaired) electrons. The summed E-state index contributed by atoms with van der Waals surface area (Å²) in [5.41, 5.74) is 5.29. The van der Waals surface area contributed by atoms with E-state index in [0.717, 1.165) is 0 Å². The van der Waals surface area contributed by atoms with Gasteiger partial charge < -0.3 is 35.5 Å². The minimum Gasteiger partial charge on any atom is -0.369 e. The van der Waals surface area contributed by atoms with E-state index in [1.54, 1.807) is 6.21 Å². The number of hydrogen-bond acceptors (Lipinski definition) is 10. The van der Waals surface area contributed by atoms with Gasteiger partial charge in [-0.3, -0.25) is 9.78 Å². The molecule has 25 heavy (non-hydrogen) atoms. The normalized spacial score (nSPS) is 14.1. The molecule has 0 saturated heterocycles. The molecule has 19 heteroatoms. The Morgan fingerprint density at radius 3 is 2.08 bits per heavy atom. The second-order valence-electron chi connectivity index (χ2n) is 3.95. The fourth-order valence-corrected chi connectivity index (χ4v) is 3.83. The first kappa shape index (κ1) is 21.6. The van der Waals surface area contributed by atoms with Crippen LogP contribution in [0.1, 0.15) is 0 Å². The number of anilines is 2. The van der Waals surface area contributed by atoms with E-state index in [1.165, 1.54) is 0 Å². The van der Waals surface area contributed by atoms with Gasteiger partial charge in [0.1, 0.15) is 0 Å². The summed E-state index contributed by atoms with van der Waals surface area (Å²) in [6.45, 7) is 0.572. The van der Waals surface area contributed by atoms with Gasteiger partial charge in [-0.05, 0) is 0 Å². The van der Waals surface area contributed by atoms with Gasteiger partial charge in [-0.25, -0.2) is 18.7 Å². The van der Waals surface area contributed by atoms with Crippen molar-refractivity contribution in [3.8, 4) is 0 Å². The molecular formula is C6H12N5O11P3. The zero-order chi connectivity index (χ0) is 19.5. The third kappa shape index (κ3) is 8.47. The van der Waals surface area contributed by atoms with Crippen molar-refractivity contribution < 1.29 is 46.8 Å². The Hall–Kier alpha value is -1.44. The van der Waals surface area contributed by atoms with Crippen LogP contribution in [0.3, 0.4) is 0 Å². The molecule has 1 aromatic heterocycles. The van der Waals surface area contributed by atoms with Crippen LogP contribution in [0.2, 0.25) is 0 Å². The van der Waals surface area contributed by atoms with Crippen molar-refractivity contribution in [3.05, 3.63) is 10.4 Å². The number of aromatic amines is 1. The summed E-state index contributed by atoms with van der Waals surface area (Å²) in [6, 6.07) is 0. The van der Waals surface area contributed by atoms with Gasteiger partial charge in [0.15, 0.2) is 11.5 Å². The van der Waals surface area contributed by atoms with E-state index in [2.05, 4.69) is 28.9 Å². The van der Waals surface area contributed by atoms with Crippen LogP contribution in [0.15, 0.2) is 9.79 Å². The highest BCUT2D eigenvalue weighted by Crippen LogP contribution is 2.64. The van der Waals surface area contributed by atoms with Crippen molar-refractivity contribution in [2.45, 2.75) is 0 Å². The molecule has 0 saturated carbocycles. The van der Waals surface area contributed by atoms with Crippen LogP contribution in [0.25, 0.3) is 0 Å². The Bertz CT molecular complexity index is 826. The molecule has 9 N–H and O–H groups in total. The smallest absolute Gasteiger partial charge is 0.369 e. The summed E-state index contributed by atoms with van der Waals surface area (Å²) in [5, 5.41) is 2.88. The van der Waals surface area contributed by atoms with Gasteiger partial charge in [0.05, 0.1) is 6.54 Å². The number of nitrogen functional groups attached to an aromatic ring is 1. The van der Waals surface area contributed by atoms with E-state index >= 15 is 0 Å². The Kier molecular flexibility index (Phi) is 6.78. The van der Waals surface area contributed by atoms with E-state index in [1.807, 2.05) is 0 Å². The fraction of sp³-hybridized carbons (Fsp3) is 0.167. The third-order valence-corrected chi connectivity index (χ3v) is 5.27. The van der Waals surface area contributed by atoms with Crippen molar-refractivity contribution in [1.82, 2.24) is 9.97 Å². The number of fused-ring (bicyclic) bond motifs is 1. The van der Waals surface area contributed by atoms with E-state index in [9.17, 15) is 18.5 Å². The number of hydrogen-bond donors (Lipinski definition) is 8. The zero-order valence-electron chi connectivity index (χ0n) is 11.8. The summed E-state index contributed by atoms with van der Waals surface area (Å²) in [4.78, 5) is 61.5. The third-order valence-electron chi connectivity index (χ3n) is 1.91. The van der Waals surface area contributed by atoms with Crippen molar-refractivity contribution in [1.29, 1.82) is 0 Å². The SMILES string of the molecule is Nc1nc2c(c(=O)[nH]1)N=CCN2.O=P(O)(O)OP(=O)(O)OP(=O)(O)O. The molecule has 0 bridgehead atoms. The van der Waals surface area contributed by atoms with Gasteiger partial charge in [0.2, 0.25) is 5.95 Å². The largest absolute Gasteiger partial charge is 0.490 e. The van der Waals surface area contributed by atoms with Gasteiger partial charge in [-0.15, -0.1) is 0 Å². The number of nitrogens with one attached hydrogen (secondary N) is 2. The fourth-order valence-electron chi connectivity index (χ4n) is 1.29. The quantitative estimate of drug-likeness (QED) is 0.264. The molecule has 0 aromatic carbocycles. The maximum Gasteiger partial charge on any atom is 0.490 e. The summed E-state index contributed by atoms with van der Waals surface area (Å²) in [6.07, 6.45) is 1.61. The van der Waals surface area contributed by atoms with Crippen LogP contribution >= 0.6 is 23.5 Å². The molecule has 0 fully saturated rings. The first-order chi connectivity index (χ1) is 11.2. The first-order valence-electron chi connectivity index (χ1n) is 5.71. The van der Waals surface area contributed by atoms with E-state index < -0.39 is 23.5 Å². The van der Waals surface area contributed by atoms with Crippen LogP contribution in [0, 0.1) is 0 Å². The van der Waals surface area contributed by atoms with E-state index in [0.29, 0.717) is 12.4 Å². The molecule has 16 nitrogen and oxygen atoms in total. The van der Waals surface area contributed by atoms with Crippen molar-refractivity contribution >= 4 is 47.1 Å². The highest BCUT2D eigenvalue weighted by Gasteiger charge is 2.38. The Morgan fingerprint density at radius 1 is 1.08 bits per heavy atom. The molecule has 2 rings (SSSR count). The van der Waals surface area contributed by atoms with Crippen LogP contribution in [0.4, 0.5) is 17.5 Å². The predicted molar refractivity (Wildman–Crippen MR) is 82.0 cm³/mol. The highest BCUT2D eigenvalue weighted by atomic mass is 31.3. The summed E-state index contributed by atoms with van der Waals surface area (Å²) in [7, 11) is -16.2. The number of rotatable bonds is 4. The maximum atomic E-state index is 11.2. The maximum absolute atomic E-state index is 11.2. The molecule has 142 valence electrons. The summed E-state index contributed by atoms with van der Waals surface area (Å²) in [5.74, 6) is 0.544. The highest BCUT2D eigenvalue weighted by molar-refractivity contribution is 7.66. The molecule has 0 spiro atoms. The Balaban J connectivity index is 0.000000250. The average molecular weight is 423 g/mol. The minimum atomic E-state index is -5.46. The van der Waals surface area contributed by atoms with Crippen LogP contribution in [0.5, 0.6) is 0 Å². The molecule has 1 aliphatic rings. The van der Waals surface area contributed by atoms with Gasteiger partial charge in [-0.2, -0.15) is 13.6 Å². The van der Waals surface area contributed by atoms with Crippen molar-refractivity contribution in [2.24, 2.45) is 4.99 Å². The number of aromatic nitrogens is 2. The lowest BCUT2D eigenvalue weighted by Gasteiger charge is -2.11. The van der Waals surface area contributed by atoms with Crippen LogP contribution in [-0.4, -0.2) is 47.2 Å². The number of nitrogens with two attached hydrogens (primary N) is 1. The summed E-state index contributed by atoms with van der Waals surface area (Å²) < 4.78 is 36.4. The Labute approximate surface area is 137 Å². The molecule has 0 unspecified atom stereocenters. The van der Waals surface area contributed by atoms with Crippen molar-refractivity contribution in [2.75, 3.05) is 17.6 Å². The number of aliphatic imine (C=N–C) groups is 1. The molecule has 0 atom stereocenters. The van der Waals surface area contributed by atoms with Crippen molar-refractivity contribution in [3.63, 3.8) is 0 Å². The lowest BCUT2D eigenvalue weighted by Crippen LogP contribution is -2.18. The lowest BCUT2D eigenvalue weighted by atomic mass is 10.4. The number of nitrogens with zero attached hydrogens (tertiary/aromatic N) is 2. The molecule has 0 aliphatic carbocycles. The zero-order valence-corrected chi connectivity index (χ0v) is 14.5. The number of H-pyrrole nitrogens is 1. The van der Waals surface area contributed by atoms with E-state index in [-0.39, 0.29) is 17.2 Å². The number of phosphoric acid groups is 3. The van der Waals surface area contributed by atoms with Gasteiger partial charge in [-0.1, -0.05) is 0 Å². The Morgan fingerprint density at radius 2 is 1.60 bits per heavy atom. The molecule has 1 aliphatic heterocycles. The molecular weight excluding hydrogens is 411 g/mol. The first-order valence-corrected chi connectivity index (χ1v) is 10.3. The van der Waals surface area contributed by atoms with Gasteiger partial charge in [0, 0.05) is 6.21 Å². The lowest BCUT2D eigenvalue weighted by molar-refractivity contribution is 0.204. The second kappa shape index (κ2) is 7.85. The summed E-state index contributed by atoms with van der Waals surface area (Å²) >= 11 is 0. The van der Waals surface area contributed by atoms with Crippen LogP contribution < -0.4 is 16.6 Å². The topological polar surface area (TPSA) is 267 Å². The predicted octanol–water partition coefficient (Wildman–Crippen LogP) is -1.21. The van der Waals surface area contributed by atoms with Gasteiger partial charge >= 0.3 is 23.5 Å². The minimum absolute atomic E-state index is 0.100. The van der Waals surface area contributed by atoms with Gasteiger partial charge in [0.25, 0.3) is 5.56 Å². The van der Waals surface area contributed by atoms with E-state index in [4.69, 9.17) is 30.2 Å². The molecule has 0 amide bonds. The monoisotopic (exact) mass is 423 g/mol.